The van der Waals surface area contributed by atoms with Gasteiger partial charge in [0.05, 0.1) is 10.6 Å². The molecule has 0 saturated carbocycles. The van der Waals surface area contributed by atoms with Crippen LogP contribution in [0.1, 0.15) is 39.0 Å². The molecule has 1 saturated heterocycles. The Kier molecular flexibility index (Phi) is 11.1. The predicted molar refractivity (Wildman–Crippen MR) is 157 cm³/mol. The zero-order chi connectivity index (χ0) is 29.6. The number of aldehydes is 1. The normalized spacial score (nSPS) is 17.0. The second kappa shape index (κ2) is 13.7. The fourth-order valence-electron chi connectivity index (χ4n) is 4.29. The molecule has 40 heavy (non-hydrogen) atoms. The lowest BCUT2D eigenvalue weighted by Gasteiger charge is -2.35. The molecule has 1 N–H and O–H groups in total. The summed E-state index contributed by atoms with van der Waals surface area (Å²) < 4.78 is 68.9. The largest absolute Gasteiger partial charge is 0.347 e. The van der Waals surface area contributed by atoms with Crippen LogP contribution >= 0.6 is 27.5 Å². The highest BCUT2D eigenvalue weighted by Gasteiger charge is 2.45. The zero-order valence-electron chi connectivity index (χ0n) is 21.9. The molecule has 0 bridgehead atoms. The van der Waals surface area contributed by atoms with Gasteiger partial charge in [0.2, 0.25) is 10.0 Å². The molecule has 218 valence electrons. The molecule has 2 aromatic rings. The number of halogens is 3. The minimum atomic E-state index is -4.05. The molecular formula is C27H31BrClFN2O6S2. The number of sulfone groups is 1. The number of amides is 1. The van der Waals surface area contributed by atoms with E-state index in [1.165, 1.54) is 19.1 Å². The first-order valence-electron chi connectivity index (χ1n) is 12.7. The number of alkyl halides is 1. The zero-order valence-corrected chi connectivity index (χ0v) is 25.8. The van der Waals surface area contributed by atoms with Crippen LogP contribution in [0.3, 0.4) is 0 Å². The van der Waals surface area contributed by atoms with Crippen molar-refractivity contribution in [3.8, 4) is 11.1 Å². The van der Waals surface area contributed by atoms with Crippen LogP contribution in [0.25, 0.3) is 11.1 Å². The van der Waals surface area contributed by atoms with E-state index in [1.807, 2.05) is 0 Å². The van der Waals surface area contributed by atoms with E-state index in [1.54, 1.807) is 36.4 Å². The first-order valence-corrected chi connectivity index (χ1v) is 17.0. The van der Waals surface area contributed by atoms with Gasteiger partial charge in [0.25, 0.3) is 5.91 Å². The van der Waals surface area contributed by atoms with Gasteiger partial charge in [-0.25, -0.2) is 21.2 Å². The van der Waals surface area contributed by atoms with Crippen LogP contribution in [0.2, 0.25) is 5.02 Å². The summed E-state index contributed by atoms with van der Waals surface area (Å²) in [6.45, 7) is 1.08. The quantitative estimate of drug-likeness (QED) is 0.248. The number of hydrogen-bond acceptors (Lipinski definition) is 6. The lowest BCUT2D eigenvalue weighted by molar-refractivity contribution is -0.135. The number of hydrogen-bond donors (Lipinski definition) is 1. The van der Waals surface area contributed by atoms with Gasteiger partial charge in [0, 0.05) is 64.4 Å². The summed E-state index contributed by atoms with van der Waals surface area (Å²) >= 11 is 9.72. The fraction of sp³-hybridized carbons (Fsp3) is 0.407. The van der Waals surface area contributed by atoms with Crippen molar-refractivity contribution in [2.75, 3.05) is 18.8 Å². The number of benzene rings is 2. The molecular weight excluding hydrogens is 647 g/mol. The number of nitrogens with zero attached hydrogens (tertiary/aromatic N) is 1. The monoisotopic (exact) mass is 676 g/mol. The molecule has 1 amide bonds. The SMILES string of the molecule is C[C@H](/C=C\S(=O)(=O)CCCCC=O)NC(=O)C1(F)CCN(S(=O)(=O)c2ccc(Br)cc2-c2ccccc2Cl)CC1. The van der Waals surface area contributed by atoms with Crippen LogP contribution in [0, 0.1) is 0 Å². The lowest BCUT2D eigenvalue weighted by atomic mass is 9.93. The van der Waals surface area contributed by atoms with Crippen LogP contribution in [0.4, 0.5) is 4.39 Å². The van der Waals surface area contributed by atoms with E-state index < -0.39 is 37.5 Å². The van der Waals surface area contributed by atoms with Crippen molar-refractivity contribution in [1.29, 1.82) is 0 Å². The van der Waals surface area contributed by atoms with Crippen LogP contribution in [-0.2, 0) is 29.4 Å². The molecule has 0 unspecified atom stereocenters. The van der Waals surface area contributed by atoms with Gasteiger partial charge in [0.1, 0.15) is 6.29 Å². The molecule has 0 radical (unpaired) electrons. The Morgan fingerprint density at radius 2 is 1.80 bits per heavy atom. The molecule has 1 atom stereocenters. The molecule has 13 heteroatoms. The van der Waals surface area contributed by atoms with Gasteiger partial charge >= 0.3 is 0 Å². The molecule has 0 aromatic heterocycles. The van der Waals surface area contributed by atoms with Crippen molar-refractivity contribution >= 4 is 59.6 Å². The third-order valence-electron chi connectivity index (χ3n) is 6.58. The van der Waals surface area contributed by atoms with Gasteiger partial charge in [-0.3, -0.25) is 4.79 Å². The summed E-state index contributed by atoms with van der Waals surface area (Å²) in [5.41, 5.74) is -1.38. The standard InChI is InChI=1S/C27H31BrClFN2O6S2/c1-20(11-18-39(35,36)17-6-2-5-16-33)31-26(34)27(30)12-14-32(15-13-27)40(37,38)25-10-9-21(28)19-23(25)22-7-3-4-8-24(22)29/h3-4,7-11,16,18-20H,2,5-6,12-15,17H2,1H3,(H,31,34)/b18-11-/t20-/m1/s1. The van der Waals surface area contributed by atoms with Gasteiger partial charge in [-0.15, -0.1) is 0 Å². The van der Waals surface area contributed by atoms with Gasteiger partial charge in [-0.05, 0) is 44.0 Å². The van der Waals surface area contributed by atoms with E-state index in [0.717, 1.165) is 16.0 Å². The molecule has 1 aliphatic heterocycles. The third kappa shape index (κ3) is 8.22. The van der Waals surface area contributed by atoms with E-state index >= 15 is 4.39 Å². The first kappa shape index (κ1) is 32.4. The molecule has 0 aliphatic carbocycles. The van der Waals surface area contributed by atoms with Crippen molar-refractivity contribution in [1.82, 2.24) is 9.62 Å². The molecule has 1 aliphatic rings. The van der Waals surface area contributed by atoms with Crippen LogP contribution < -0.4 is 5.32 Å². The summed E-state index contributed by atoms with van der Waals surface area (Å²) in [7, 11) is -7.59. The van der Waals surface area contributed by atoms with Gasteiger partial charge < -0.3 is 10.1 Å². The van der Waals surface area contributed by atoms with Crippen LogP contribution in [0.5, 0.6) is 0 Å². The smallest absolute Gasteiger partial charge is 0.258 e. The van der Waals surface area contributed by atoms with Crippen molar-refractivity contribution in [3.63, 3.8) is 0 Å². The first-order chi connectivity index (χ1) is 18.8. The number of carbonyl (C=O) groups is 2. The molecule has 1 fully saturated rings. The summed E-state index contributed by atoms with van der Waals surface area (Å²) in [6.07, 6.45) is 2.35. The van der Waals surface area contributed by atoms with E-state index in [0.29, 0.717) is 33.5 Å². The van der Waals surface area contributed by atoms with E-state index in [9.17, 15) is 26.4 Å². The minimum Gasteiger partial charge on any atom is -0.347 e. The number of piperidine rings is 1. The highest BCUT2D eigenvalue weighted by Crippen LogP contribution is 2.37. The number of unbranched alkanes of at least 4 members (excludes halogenated alkanes) is 2. The fourth-order valence-corrected chi connectivity index (χ4v) is 7.73. The number of carbonyl (C=O) groups excluding carboxylic acids is 2. The maximum Gasteiger partial charge on any atom is 0.258 e. The second-order valence-electron chi connectivity index (χ2n) is 9.61. The van der Waals surface area contributed by atoms with Crippen molar-refractivity contribution < 1.29 is 30.8 Å². The molecule has 3 rings (SSSR count). The summed E-state index contributed by atoms with van der Waals surface area (Å²) in [6, 6.07) is 10.8. The minimum absolute atomic E-state index is 0.0192. The Labute approximate surface area is 248 Å². The van der Waals surface area contributed by atoms with E-state index in [-0.39, 0.29) is 43.0 Å². The van der Waals surface area contributed by atoms with Gasteiger partial charge in [0.15, 0.2) is 15.5 Å². The molecule has 8 nitrogen and oxygen atoms in total. The Morgan fingerprint density at radius 3 is 2.45 bits per heavy atom. The topological polar surface area (TPSA) is 118 Å². The Balaban J connectivity index is 1.67. The highest BCUT2D eigenvalue weighted by atomic mass is 79.9. The van der Waals surface area contributed by atoms with Crippen molar-refractivity contribution in [2.24, 2.45) is 0 Å². The maximum atomic E-state index is 15.6. The molecule has 2 aromatic carbocycles. The number of rotatable bonds is 12. The highest BCUT2D eigenvalue weighted by molar-refractivity contribution is 9.10. The Bertz CT molecular complexity index is 1480. The predicted octanol–water partition coefficient (Wildman–Crippen LogP) is 5.06. The number of sulfonamides is 1. The van der Waals surface area contributed by atoms with Crippen molar-refractivity contribution in [3.05, 3.63) is 63.4 Å². The van der Waals surface area contributed by atoms with Gasteiger partial charge in [-0.1, -0.05) is 51.8 Å². The van der Waals surface area contributed by atoms with E-state index in [4.69, 9.17) is 11.6 Å². The third-order valence-corrected chi connectivity index (χ3v) is 10.8. The molecule has 0 spiro atoms. The van der Waals surface area contributed by atoms with Crippen LogP contribution in [-0.4, -0.2) is 63.9 Å². The lowest BCUT2D eigenvalue weighted by Crippen LogP contribution is -2.53. The van der Waals surface area contributed by atoms with Gasteiger partial charge in [-0.2, -0.15) is 4.31 Å². The second-order valence-corrected chi connectivity index (χ2v) is 14.8. The Morgan fingerprint density at radius 1 is 1.12 bits per heavy atom. The Hall–Kier alpha value is -2.12. The number of nitrogens with one attached hydrogen (secondary N) is 1. The van der Waals surface area contributed by atoms with Crippen LogP contribution in [0.15, 0.2) is 63.3 Å². The summed E-state index contributed by atoms with van der Waals surface area (Å²) in [4.78, 5) is 23.1. The maximum absolute atomic E-state index is 15.6. The summed E-state index contributed by atoms with van der Waals surface area (Å²) in [5.74, 6) is -1.06. The molecule has 1 heterocycles. The average molecular weight is 678 g/mol. The average Bonchev–Trinajstić information content (AvgIpc) is 2.90. The van der Waals surface area contributed by atoms with E-state index in [2.05, 4.69) is 21.2 Å². The summed E-state index contributed by atoms with van der Waals surface area (Å²) in [5, 5.41) is 3.83. The van der Waals surface area contributed by atoms with Crippen molar-refractivity contribution in [2.45, 2.75) is 55.6 Å².